The van der Waals surface area contributed by atoms with E-state index < -0.39 is 29.7 Å². The molecule has 2 amide bonds. The normalized spacial score (nSPS) is 17.8. The summed E-state index contributed by atoms with van der Waals surface area (Å²) in [5.41, 5.74) is 0.298. The molecule has 1 aliphatic carbocycles. The Labute approximate surface area is 140 Å². The monoisotopic (exact) mass is 337 g/mol. The lowest BCUT2D eigenvalue weighted by atomic mass is 9.96. The number of nitrogens with one attached hydrogen (secondary N) is 2. The Morgan fingerprint density at radius 2 is 1.88 bits per heavy atom. The molecule has 1 aliphatic rings. The highest BCUT2D eigenvalue weighted by molar-refractivity contribution is 5.74. The second kappa shape index (κ2) is 8.60. The number of rotatable bonds is 6. The number of non-ortho nitro benzene ring substituents is 1. The first kappa shape index (κ1) is 18.2. The summed E-state index contributed by atoms with van der Waals surface area (Å²) in [6, 6.07) is 4.16. The van der Waals surface area contributed by atoms with Crippen molar-refractivity contribution >= 4 is 11.7 Å². The molecule has 0 radical (unpaired) electrons. The highest BCUT2D eigenvalue weighted by Crippen LogP contribution is 2.21. The second-order valence-corrected chi connectivity index (χ2v) is 6.04. The van der Waals surface area contributed by atoms with Gasteiger partial charge in [0.15, 0.2) is 0 Å². The topological polar surface area (TPSA) is 125 Å². The van der Waals surface area contributed by atoms with Crippen LogP contribution in [0.15, 0.2) is 24.3 Å². The molecule has 0 unspecified atom stereocenters. The molecule has 0 aromatic heterocycles. The molecule has 1 saturated carbocycles. The third kappa shape index (κ3) is 4.90. The Kier molecular flexibility index (Phi) is 6.51. The largest absolute Gasteiger partial charge is 0.394 e. The summed E-state index contributed by atoms with van der Waals surface area (Å²) >= 11 is 0. The molecule has 0 bridgehead atoms. The highest BCUT2D eigenvalue weighted by Gasteiger charge is 2.24. The SMILES string of the molecule is O=C(NC1CCCCC1)N[C@H](CO)[C@@H](O)c1ccc([N+](=O)[O-])cc1. The van der Waals surface area contributed by atoms with Crippen LogP contribution >= 0.6 is 0 Å². The van der Waals surface area contributed by atoms with Gasteiger partial charge in [-0.05, 0) is 30.5 Å². The van der Waals surface area contributed by atoms with Crippen molar-refractivity contribution in [2.75, 3.05) is 6.61 Å². The fourth-order valence-electron chi connectivity index (χ4n) is 2.89. The summed E-state index contributed by atoms with van der Waals surface area (Å²) in [5.74, 6) is 0. The van der Waals surface area contributed by atoms with Gasteiger partial charge >= 0.3 is 6.03 Å². The Balaban J connectivity index is 1.93. The zero-order valence-corrected chi connectivity index (χ0v) is 13.4. The van der Waals surface area contributed by atoms with Gasteiger partial charge in [0.25, 0.3) is 5.69 Å². The lowest BCUT2D eigenvalue weighted by molar-refractivity contribution is -0.384. The summed E-state index contributed by atoms with van der Waals surface area (Å²) in [5, 5.41) is 35.8. The molecule has 2 rings (SSSR count). The van der Waals surface area contributed by atoms with Crippen LogP contribution < -0.4 is 10.6 Å². The van der Waals surface area contributed by atoms with Gasteiger partial charge < -0.3 is 20.8 Å². The standard InChI is InChI=1S/C16H23N3O5/c20-10-14(18-16(22)17-12-4-2-1-3-5-12)15(21)11-6-8-13(9-7-11)19(23)24/h6-9,12,14-15,20-21H,1-5,10H2,(H2,17,18,22)/t14-,15+/m1/s1. The molecule has 0 saturated heterocycles. The first-order valence-corrected chi connectivity index (χ1v) is 8.11. The Hall–Kier alpha value is -2.19. The molecular weight excluding hydrogens is 314 g/mol. The summed E-state index contributed by atoms with van der Waals surface area (Å²) in [6.45, 7) is -0.448. The molecule has 8 heteroatoms. The minimum atomic E-state index is -1.16. The van der Waals surface area contributed by atoms with Crippen LogP contribution in [0.5, 0.6) is 0 Å². The Morgan fingerprint density at radius 1 is 1.25 bits per heavy atom. The molecule has 1 fully saturated rings. The quantitative estimate of drug-likeness (QED) is 0.464. The third-order valence-corrected chi connectivity index (χ3v) is 4.28. The number of hydrogen-bond acceptors (Lipinski definition) is 5. The van der Waals surface area contributed by atoms with Gasteiger partial charge in [-0.1, -0.05) is 19.3 Å². The number of amides is 2. The number of nitrogens with zero attached hydrogens (tertiary/aromatic N) is 1. The molecule has 1 aromatic carbocycles. The van der Waals surface area contributed by atoms with Crippen LogP contribution in [-0.4, -0.2) is 39.9 Å². The number of carbonyl (C=O) groups excluding carboxylic acids is 1. The van der Waals surface area contributed by atoms with Crippen molar-refractivity contribution in [3.8, 4) is 0 Å². The zero-order chi connectivity index (χ0) is 17.5. The molecule has 4 N–H and O–H groups in total. The van der Waals surface area contributed by atoms with E-state index in [1.54, 1.807) is 0 Å². The average Bonchev–Trinajstić information content (AvgIpc) is 2.60. The molecule has 1 aromatic rings. The summed E-state index contributed by atoms with van der Waals surface area (Å²) in [4.78, 5) is 22.1. The second-order valence-electron chi connectivity index (χ2n) is 6.04. The van der Waals surface area contributed by atoms with Crippen LogP contribution in [0.4, 0.5) is 10.5 Å². The lowest BCUT2D eigenvalue weighted by Crippen LogP contribution is -2.49. The van der Waals surface area contributed by atoms with Gasteiger partial charge in [-0.25, -0.2) is 4.79 Å². The zero-order valence-electron chi connectivity index (χ0n) is 13.4. The molecule has 8 nitrogen and oxygen atoms in total. The highest BCUT2D eigenvalue weighted by atomic mass is 16.6. The van der Waals surface area contributed by atoms with Crippen LogP contribution in [0.1, 0.15) is 43.8 Å². The van der Waals surface area contributed by atoms with Crippen LogP contribution in [0.2, 0.25) is 0 Å². The fourth-order valence-corrected chi connectivity index (χ4v) is 2.89. The Bertz CT molecular complexity index is 557. The molecule has 0 heterocycles. The van der Waals surface area contributed by atoms with E-state index in [0.717, 1.165) is 25.7 Å². The summed E-state index contributed by atoms with van der Waals surface area (Å²) in [6.07, 6.45) is 4.05. The molecule has 132 valence electrons. The van der Waals surface area contributed by atoms with Crippen molar-refractivity contribution in [2.45, 2.75) is 50.3 Å². The average molecular weight is 337 g/mol. The predicted octanol–water partition coefficient (Wildman–Crippen LogP) is 1.62. The number of hydrogen-bond donors (Lipinski definition) is 4. The van der Waals surface area contributed by atoms with E-state index in [0.29, 0.717) is 5.56 Å². The minimum absolute atomic E-state index is 0.0884. The fraction of sp³-hybridized carbons (Fsp3) is 0.562. The molecule has 2 atom stereocenters. The molecule has 24 heavy (non-hydrogen) atoms. The molecule has 0 spiro atoms. The van der Waals surface area contributed by atoms with Gasteiger partial charge in [0.2, 0.25) is 0 Å². The van der Waals surface area contributed by atoms with E-state index in [-0.39, 0.29) is 11.7 Å². The van der Waals surface area contributed by atoms with Gasteiger partial charge in [-0.2, -0.15) is 0 Å². The first-order valence-electron chi connectivity index (χ1n) is 8.11. The number of benzene rings is 1. The number of aliphatic hydroxyl groups excluding tert-OH is 2. The molecule has 0 aliphatic heterocycles. The van der Waals surface area contributed by atoms with E-state index in [9.17, 15) is 25.1 Å². The number of nitro groups is 1. The number of carbonyl (C=O) groups is 1. The number of urea groups is 1. The van der Waals surface area contributed by atoms with Gasteiger partial charge in [-0.3, -0.25) is 10.1 Å². The minimum Gasteiger partial charge on any atom is -0.394 e. The van der Waals surface area contributed by atoms with Gasteiger partial charge in [0.1, 0.15) is 6.10 Å². The Morgan fingerprint density at radius 3 is 2.42 bits per heavy atom. The maximum Gasteiger partial charge on any atom is 0.315 e. The van der Waals surface area contributed by atoms with Crippen LogP contribution in [0.25, 0.3) is 0 Å². The first-order chi connectivity index (χ1) is 11.5. The predicted molar refractivity (Wildman–Crippen MR) is 87.5 cm³/mol. The lowest BCUT2D eigenvalue weighted by Gasteiger charge is -2.26. The van der Waals surface area contributed by atoms with Crippen molar-refractivity contribution in [1.29, 1.82) is 0 Å². The van der Waals surface area contributed by atoms with Crippen molar-refractivity contribution in [1.82, 2.24) is 10.6 Å². The van der Waals surface area contributed by atoms with Crippen LogP contribution in [0.3, 0.4) is 0 Å². The third-order valence-electron chi connectivity index (χ3n) is 4.28. The van der Waals surface area contributed by atoms with E-state index in [2.05, 4.69) is 10.6 Å². The molecular formula is C16H23N3O5. The maximum absolute atomic E-state index is 12.0. The van der Waals surface area contributed by atoms with Gasteiger partial charge in [-0.15, -0.1) is 0 Å². The van der Waals surface area contributed by atoms with Crippen molar-refractivity contribution in [3.63, 3.8) is 0 Å². The van der Waals surface area contributed by atoms with Crippen molar-refractivity contribution in [3.05, 3.63) is 39.9 Å². The maximum atomic E-state index is 12.0. The summed E-state index contributed by atoms with van der Waals surface area (Å²) < 4.78 is 0. The van der Waals surface area contributed by atoms with Crippen molar-refractivity contribution in [2.24, 2.45) is 0 Å². The van der Waals surface area contributed by atoms with Gasteiger partial charge in [0.05, 0.1) is 17.6 Å². The van der Waals surface area contributed by atoms with Gasteiger partial charge in [0, 0.05) is 18.2 Å². The van der Waals surface area contributed by atoms with E-state index in [1.165, 1.54) is 30.7 Å². The van der Waals surface area contributed by atoms with Crippen LogP contribution in [-0.2, 0) is 0 Å². The summed E-state index contributed by atoms with van der Waals surface area (Å²) in [7, 11) is 0. The number of nitro benzene ring substituents is 1. The van der Waals surface area contributed by atoms with E-state index in [1.807, 2.05) is 0 Å². The number of aliphatic hydroxyl groups is 2. The van der Waals surface area contributed by atoms with Crippen LogP contribution in [0, 0.1) is 10.1 Å². The smallest absolute Gasteiger partial charge is 0.315 e. The van der Waals surface area contributed by atoms with E-state index >= 15 is 0 Å². The van der Waals surface area contributed by atoms with Crippen molar-refractivity contribution < 1.29 is 19.9 Å². The van der Waals surface area contributed by atoms with E-state index in [4.69, 9.17) is 0 Å².